The van der Waals surface area contributed by atoms with Crippen LogP contribution in [0.3, 0.4) is 0 Å². The van der Waals surface area contributed by atoms with Crippen molar-refractivity contribution >= 4 is 22.3 Å². The number of fused-ring (bicyclic) bond motifs is 1. The van der Waals surface area contributed by atoms with E-state index in [9.17, 15) is 9.18 Å². The maximum Gasteiger partial charge on any atom is 0.257 e. The lowest BCUT2D eigenvalue weighted by Gasteiger charge is -2.29. The van der Waals surface area contributed by atoms with Crippen LogP contribution in [0.1, 0.15) is 24.0 Å². The lowest BCUT2D eigenvalue weighted by atomic mass is 9.90. The summed E-state index contributed by atoms with van der Waals surface area (Å²) in [4.78, 5) is 17.5. The summed E-state index contributed by atoms with van der Waals surface area (Å²) in [5, 5.41) is 1.96. The molecule has 0 atom stereocenters. The highest BCUT2D eigenvalue weighted by Gasteiger charge is 2.17. The number of rotatable bonds is 5. The van der Waals surface area contributed by atoms with Crippen LogP contribution in [0.4, 0.5) is 10.1 Å². The molecule has 3 aromatic rings. The van der Waals surface area contributed by atoms with Gasteiger partial charge in [0.25, 0.3) is 5.56 Å². The quantitative estimate of drug-likeness (QED) is 0.435. The molecule has 0 spiro atoms. The summed E-state index contributed by atoms with van der Waals surface area (Å²) in [7, 11) is 2.17. The Labute approximate surface area is 180 Å². The highest BCUT2D eigenvalue weighted by molar-refractivity contribution is 5.82. The molecule has 4 rings (SSSR count). The van der Waals surface area contributed by atoms with Gasteiger partial charge in [-0.1, -0.05) is 12.1 Å². The molecule has 0 saturated carbocycles. The van der Waals surface area contributed by atoms with Crippen LogP contribution in [0.2, 0.25) is 0 Å². The minimum Gasteiger partial charge on any atom is -0.397 e. The average Bonchev–Trinajstić information content (AvgIpc) is 2.75. The van der Waals surface area contributed by atoms with Crippen LogP contribution in [0.25, 0.3) is 16.6 Å². The number of anilines is 1. The van der Waals surface area contributed by atoms with Gasteiger partial charge in [-0.05, 0) is 87.3 Å². The Morgan fingerprint density at radius 3 is 2.61 bits per heavy atom. The van der Waals surface area contributed by atoms with Gasteiger partial charge in [0.05, 0.1) is 16.9 Å². The Hall–Kier alpha value is -3.16. The Morgan fingerprint density at radius 1 is 1.19 bits per heavy atom. The van der Waals surface area contributed by atoms with Crippen LogP contribution in [0.15, 0.2) is 59.5 Å². The summed E-state index contributed by atoms with van der Waals surface area (Å²) in [5.41, 5.74) is 8.84. The molecule has 1 aliphatic heterocycles. The highest BCUT2D eigenvalue weighted by Crippen LogP contribution is 2.23. The number of hydrazine groups is 1. The van der Waals surface area contributed by atoms with E-state index < -0.39 is 0 Å². The molecule has 1 aliphatic rings. The minimum atomic E-state index is -0.381. The first-order chi connectivity index (χ1) is 14.9. The van der Waals surface area contributed by atoms with Gasteiger partial charge in [0.1, 0.15) is 5.82 Å². The number of nitrogens with two attached hydrogens (primary N) is 2. The molecule has 0 amide bonds. The van der Waals surface area contributed by atoms with Crippen LogP contribution < -0.4 is 22.1 Å². The maximum atomic E-state index is 13.5. The molecule has 0 bridgehead atoms. The topological polar surface area (TPSA) is 91.4 Å². The zero-order valence-corrected chi connectivity index (χ0v) is 17.6. The predicted octanol–water partition coefficient (Wildman–Crippen LogP) is 3.19. The molecule has 5 N–H and O–H groups in total. The van der Waals surface area contributed by atoms with Gasteiger partial charge >= 0.3 is 0 Å². The number of aromatic nitrogens is 1. The smallest absolute Gasteiger partial charge is 0.257 e. The third kappa shape index (κ3) is 4.95. The Kier molecular flexibility index (Phi) is 6.06. The first-order valence-corrected chi connectivity index (χ1v) is 10.5. The van der Waals surface area contributed by atoms with E-state index in [1.54, 1.807) is 6.07 Å². The largest absolute Gasteiger partial charge is 0.397 e. The number of nitrogens with one attached hydrogen (secondary N) is 1. The van der Waals surface area contributed by atoms with Crippen LogP contribution in [0.5, 0.6) is 0 Å². The third-order valence-electron chi connectivity index (χ3n) is 5.99. The maximum absolute atomic E-state index is 13.5. The van der Waals surface area contributed by atoms with Crippen molar-refractivity contribution in [2.75, 3.05) is 25.1 Å². The molecular weight excluding hydrogens is 393 g/mol. The standard InChI is InChI=1S/C24H28FN5O/c1-29-10-8-17(9-11-29)12-16-2-5-20(6-3-16)30(27)15-22(26)21-14-18-13-19(25)4-7-23(18)28-24(21)31/h2-7,13-15,17H,8-12,26-27H2,1H3,(H,28,31)/b22-15-. The molecule has 6 nitrogen and oxygen atoms in total. The fourth-order valence-electron chi connectivity index (χ4n) is 4.09. The third-order valence-corrected chi connectivity index (χ3v) is 5.99. The molecule has 0 radical (unpaired) electrons. The lowest BCUT2D eigenvalue weighted by molar-refractivity contribution is 0.219. The van der Waals surface area contributed by atoms with Crippen molar-refractivity contribution in [1.29, 1.82) is 0 Å². The molecule has 162 valence electrons. The van der Waals surface area contributed by atoms with E-state index >= 15 is 0 Å². The van der Waals surface area contributed by atoms with Crippen molar-refractivity contribution in [3.05, 3.63) is 82.0 Å². The normalized spacial score (nSPS) is 16.0. The van der Waals surface area contributed by atoms with Gasteiger partial charge in [-0.2, -0.15) is 0 Å². The van der Waals surface area contributed by atoms with E-state index in [1.165, 1.54) is 47.8 Å². The van der Waals surface area contributed by atoms with Gasteiger partial charge < -0.3 is 15.6 Å². The lowest BCUT2D eigenvalue weighted by Crippen LogP contribution is -2.31. The van der Waals surface area contributed by atoms with Crippen LogP contribution in [-0.2, 0) is 6.42 Å². The summed E-state index contributed by atoms with van der Waals surface area (Å²) < 4.78 is 13.5. The van der Waals surface area contributed by atoms with E-state index in [-0.39, 0.29) is 22.6 Å². The van der Waals surface area contributed by atoms with Crippen LogP contribution >= 0.6 is 0 Å². The highest BCUT2D eigenvalue weighted by atomic mass is 19.1. The van der Waals surface area contributed by atoms with Crippen molar-refractivity contribution in [2.45, 2.75) is 19.3 Å². The predicted molar refractivity (Wildman–Crippen MR) is 124 cm³/mol. The number of hydrogen-bond donors (Lipinski definition) is 3. The SMILES string of the molecule is CN1CCC(Cc2ccc(N(N)/C=C(\N)c3cc4cc(F)ccc4[nH]c3=O)cc2)CC1. The molecule has 1 saturated heterocycles. The Morgan fingerprint density at radius 2 is 1.90 bits per heavy atom. The molecule has 1 fully saturated rings. The van der Waals surface area contributed by atoms with Gasteiger partial charge in [0, 0.05) is 17.1 Å². The van der Waals surface area contributed by atoms with Gasteiger partial charge in [0.15, 0.2) is 0 Å². The number of halogens is 1. The monoisotopic (exact) mass is 421 g/mol. The fraction of sp³-hybridized carbons (Fsp3) is 0.292. The number of H-pyrrole nitrogens is 1. The second kappa shape index (κ2) is 8.91. The number of pyridine rings is 1. The second-order valence-electron chi connectivity index (χ2n) is 8.35. The van der Waals surface area contributed by atoms with E-state index in [1.807, 2.05) is 12.1 Å². The summed E-state index contributed by atoms with van der Waals surface area (Å²) in [5.74, 6) is 6.51. The van der Waals surface area contributed by atoms with E-state index in [2.05, 4.69) is 29.1 Å². The Balaban J connectivity index is 1.49. The van der Waals surface area contributed by atoms with Gasteiger partial charge in [0.2, 0.25) is 0 Å². The number of piperidine rings is 1. The molecule has 2 heterocycles. The van der Waals surface area contributed by atoms with E-state index in [4.69, 9.17) is 11.6 Å². The van der Waals surface area contributed by atoms with Gasteiger partial charge in [-0.15, -0.1) is 0 Å². The van der Waals surface area contributed by atoms with Gasteiger partial charge in [-0.25, -0.2) is 10.2 Å². The number of aromatic amines is 1. The number of hydrogen-bond acceptors (Lipinski definition) is 5. The molecule has 0 aliphatic carbocycles. The fourth-order valence-corrected chi connectivity index (χ4v) is 4.09. The summed E-state index contributed by atoms with van der Waals surface area (Å²) in [6.45, 7) is 2.31. The summed E-state index contributed by atoms with van der Waals surface area (Å²) >= 11 is 0. The second-order valence-corrected chi connectivity index (χ2v) is 8.35. The number of nitrogens with zero attached hydrogens (tertiary/aromatic N) is 2. The van der Waals surface area contributed by atoms with Crippen molar-refractivity contribution in [3.8, 4) is 0 Å². The number of benzene rings is 2. The zero-order chi connectivity index (χ0) is 22.0. The molecule has 31 heavy (non-hydrogen) atoms. The molecule has 1 aromatic heterocycles. The summed E-state index contributed by atoms with van der Waals surface area (Å²) in [6.07, 6.45) is 5.02. The molecule has 7 heteroatoms. The number of likely N-dealkylation sites (tertiary alicyclic amines) is 1. The van der Waals surface area contributed by atoms with Gasteiger partial charge in [-0.3, -0.25) is 9.80 Å². The molecular formula is C24H28FN5O. The first-order valence-electron chi connectivity index (χ1n) is 10.5. The molecule has 0 unspecified atom stereocenters. The van der Waals surface area contributed by atoms with Crippen molar-refractivity contribution in [2.24, 2.45) is 17.5 Å². The molecule has 2 aromatic carbocycles. The van der Waals surface area contributed by atoms with Crippen molar-refractivity contribution in [1.82, 2.24) is 9.88 Å². The minimum absolute atomic E-state index is 0.199. The zero-order valence-electron chi connectivity index (χ0n) is 17.6. The Bertz CT molecular complexity index is 1150. The average molecular weight is 422 g/mol. The van der Waals surface area contributed by atoms with Crippen LogP contribution in [0, 0.1) is 11.7 Å². The first kappa shape index (κ1) is 21.1. The summed E-state index contributed by atoms with van der Waals surface area (Å²) in [6, 6.07) is 13.8. The van der Waals surface area contributed by atoms with Crippen molar-refractivity contribution < 1.29 is 4.39 Å². The van der Waals surface area contributed by atoms with E-state index in [0.717, 1.165) is 31.1 Å². The van der Waals surface area contributed by atoms with E-state index in [0.29, 0.717) is 10.9 Å². The van der Waals surface area contributed by atoms with Crippen LogP contribution in [-0.4, -0.2) is 30.0 Å². The van der Waals surface area contributed by atoms with Crippen molar-refractivity contribution in [3.63, 3.8) is 0 Å².